The Kier molecular flexibility index (Phi) is 10.4. The van der Waals surface area contributed by atoms with E-state index in [9.17, 15) is 4.79 Å². The number of aryl methyl sites for hydroxylation is 1. The third-order valence-electron chi connectivity index (χ3n) is 8.63. The van der Waals surface area contributed by atoms with E-state index in [4.69, 9.17) is 4.98 Å². The summed E-state index contributed by atoms with van der Waals surface area (Å²) >= 11 is 0. The first-order chi connectivity index (χ1) is 19.6. The van der Waals surface area contributed by atoms with Crippen molar-refractivity contribution in [3.05, 3.63) is 54.4 Å². The van der Waals surface area contributed by atoms with Crippen LogP contribution >= 0.6 is 0 Å². The highest BCUT2D eigenvalue weighted by Gasteiger charge is 2.16. The van der Waals surface area contributed by atoms with Crippen LogP contribution in [0.3, 0.4) is 0 Å². The number of aromatic nitrogens is 2. The molecule has 0 unspecified atom stereocenters. The van der Waals surface area contributed by atoms with Gasteiger partial charge >= 0.3 is 0 Å². The molecule has 7 nitrogen and oxygen atoms in total. The number of hydrogen-bond donors (Lipinski definition) is 2. The van der Waals surface area contributed by atoms with Crippen LogP contribution in [0.5, 0.6) is 0 Å². The molecule has 7 heteroatoms. The molecule has 2 fully saturated rings. The number of nitrogens with one attached hydrogen (secondary N) is 2. The molecule has 40 heavy (non-hydrogen) atoms. The largest absolute Gasteiger partial charge is 0.384 e. The summed E-state index contributed by atoms with van der Waals surface area (Å²) in [5.41, 5.74) is 5.26. The monoisotopic (exact) mass is 542 g/mol. The number of nitrogens with zero attached hydrogens (tertiary/aromatic N) is 4. The van der Waals surface area contributed by atoms with Gasteiger partial charge in [0.15, 0.2) is 0 Å². The highest BCUT2D eigenvalue weighted by Crippen LogP contribution is 2.28. The molecule has 214 valence electrons. The molecule has 1 aromatic carbocycles. The molecule has 2 aliphatic heterocycles. The molecule has 5 rings (SSSR count). The maximum absolute atomic E-state index is 12.4. The maximum atomic E-state index is 12.4. The molecular formula is C33H46N6O. The fraction of sp³-hybridized carbons (Fsp3) is 0.545. The number of piperidine rings is 2. The van der Waals surface area contributed by atoms with E-state index in [-0.39, 0.29) is 5.91 Å². The summed E-state index contributed by atoms with van der Waals surface area (Å²) < 4.78 is 0. The highest BCUT2D eigenvalue weighted by atomic mass is 16.1. The van der Waals surface area contributed by atoms with Crippen LogP contribution in [0.25, 0.3) is 22.2 Å². The van der Waals surface area contributed by atoms with Crippen molar-refractivity contribution in [1.29, 1.82) is 0 Å². The van der Waals surface area contributed by atoms with Crippen LogP contribution in [-0.4, -0.2) is 78.5 Å². The quantitative estimate of drug-likeness (QED) is 0.300. The molecule has 1 amide bonds. The number of likely N-dealkylation sites (tertiary alicyclic amines) is 2. The van der Waals surface area contributed by atoms with Crippen LogP contribution in [0.15, 0.2) is 48.8 Å². The number of carbonyl (C=O) groups excluding carboxylic acids is 1. The number of carbonyl (C=O) groups is 1. The van der Waals surface area contributed by atoms with Crippen LogP contribution in [0.4, 0.5) is 5.69 Å². The van der Waals surface area contributed by atoms with Crippen molar-refractivity contribution in [1.82, 2.24) is 25.1 Å². The highest BCUT2D eigenvalue weighted by molar-refractivity contribution is 5.93. The van der Waals surface area contributed by atoms with Crippen LogP contribution in [0.2, 0.25) is 0 Å². The Labute approximate surface area is 239 Å². The van der Waals surface area contributed by atoms with Gasteiger partial charge in [-0.3, -0.25) is 9.78 Å². The number of amides is 1. The fourth-order valence-corrected chi connectivity index (χ4v) is 6.03. The Morgan fingerprint density at radius 2 is 1.80 bits per heavy atom. The lowest BCUT2D eigenvalue weighted by molar-refractivity contribution is -0.121. The smallest absolute Gasteiger partial charge is 0.220 e. The summed E-state index contributed by atoms with van der Waals surface area (Å²) in [6, 6.07) is 12.7. The summed E-state index contributed by atoms with van der Waals surface area (Å²) in [7, 11) is 2.19. The minimum Gasteiger partial charge on any atom is -0.384 e. The van der Waals surface area contributed by atoms with Crippen LogP contribution in [-0.2, 0) is 11.2 Å². The van der Waals surface area contributed by atoms with E-state index < -0.39 is 0 Å². The molecule has 2 N–H and O–H groups in total. The van der Waals surface area contributed by atoms with Crippen LogP contribution < -0.4 is 10.6 Å². The van der Waals surface area contributed by atoms with E-state index in [0.717, 1.165) is 72.7 Å². The Morgan fingerprint density at radius 1 is 1.00 bits per heavy atom. The number of benzene rings is 1. The SMILES string of the molecule is CN1CCC(CCNC(=O)CCc2ccc(-c3cc(NCCCN4CCCCC4)c4cnccc4n3)cc2)CC1. The summed E-state index contributed by atoms with van der Waals surface area (Å²) in [4.78, 5) is 26.7. The Hall–Kier alpha value is -3.03. The zero-order chi connectivity index (χ0) is 27.6. The zero-order valence-corrected chi connectivity index (χ0v) is 24.2. The van der Waals surface area contributed by atoms with E-state index in [1.54, 1.807) is 6.20 Å². The minimum absolute atomic E-state index is 0.151. The fourth-order valence-electron chi connectivity index (χ4n) is 6.03. The molecule has 2 saturated heterocycles. The second-order valence-electron chi connectivity index (χ2n) is 11.7. The molecule has 2 aliphatic rings. The molecule has 0 radical (unpaired) electrons. The lowest BCUT2D eigenvalue weighted by atomic mass is 9.94. The second kappa shape index (κ2) is 14.6. The van der Waals surface area contributed by atoms with Gasteiger partial charge in [-0.2, -0.15) is 0 Å². The van der Waals surface area contributed by atoms with Gasteiger partial charge in [0.1, 0.15) is 0 Å². The topological polar surface area (TPSA) is 73.4 Å². The van der Waals surface area contributed by atoms with Gasteiger partial charge in [0.2, 0.25) is 5.91 Å². The van der Waals surface area contributed by atoms with Gasteiger partial charge in [-0.15, -0.1) is 0 Å². The molecule has 2 aromatic heterocycles. The second-order valence-corrected chi connectivity index (χ2v) is 11.7. The minimum atomic E-state index is 0.151. The van der Waals surface area contributed by atoms with Crippen molar-refractivity contribution in [3.8, 4) is 11.3 Å². The molecule has 3 aromatic rings. The number of pyridine rings is 2. The van der Waals surface area contributed by atoms with Crippen molar-refractivity contribution in [2.45, 2.75) is 57.8 Å². The average molecular weight is 543 g/mol. The molecule has 0 atom stereocenters. The molecule has 0 aliphatic carbocycles. The first-order valence-electron chi connectivity index (χ1n) is 15.4. The average Bonchev–Trinajstić information content (AvgIpc) is 3.00. The zero-order valence-electron chi connectivity index (χ0n) is 24.2. The van der Waals surface area contributed by atoms with Crippen LogP contribution in [0, 0.1) is 5.92 Å². The Balaban J connectivity index is 1.12. The van der Waals surface area contributed by atoms with E-state index in [1.165, 1.54) is 63.8 Å². The van der Waals surface area contributed by atoms with Crippen molar-refractivity contribution >= 4 is 22.5 Å². The molecule has 0 saturated carbocycles. The lowest BCUT2D eigenvalue weighted by Gasteiger charge is -2.28. The van der Waals surface area contributed by atoms with E-state index in [2.05, 4.69) is 62.8 Å². The number of anilines is 1. The van der Waals surface area contributed by atoms with Crippen molar-refractivity contribution in [2.75, 3.05) is 58.2 Å². The van der Waals surface area contributed by atoms with Crippen molar-refractivity contribution in [2.24, 2.45) is 5.92 Å². The Morgan fingerprint density at radius 3 is 2.60 bits per heavy atom. The van der Waals surface area contributed by atoms with Gasteiger partial charge in [-0.05, 0) is 108 Å². The van der Waals surface area contributed by atoms with Gasteiger partial charge in [0, 0.05) is 48.5 Å². The third-order valence-corrected chi connectivity index (χ3v) is 8.63. The van der Waals surface area contributed by atoms with Gasteiger partial charge in [-0.1, -0.05) is 30.7 Å². The number of fused-ring (bicyclic) bond motifs is 1. The van der Waals surface area contributed by atoms with Gasteiger partial charge < -0.3 is 20.4 Å². The molecular weight excluding hydrogens is 496 g/mol. The van der Waals surface area contributed by atoms with Crippen molar-refractivity contribution in [3.63, 3.8) is 0 Å². The maximum Gasteiger partial charge on any atom is 0.220 e. The van der Waals surface area contributed by atoms with Crippen molar-refractivity contribution < 1.29 is 4.79 Å². The number of rotatable bonds is 12. The predicted octanol–water partition coefficient (Wildman–Crippen LogP) is 5.37. The number of hydrogen-bond acceptors (Lipinski definition) is 6. The first kappa shape index (κ1) is 28.5. The summed E-state index contributed by atoms with van der Waals surface area (Å²) in [6.07, 6.45) is 13.8. The summed E-state index contributed by atoms with van der Waals surface area (Å²) in [6.45, 7) is 7.72. The Bertz CT molecular complexity index is 1220. The normalized spacial score (nSPS) is 17.2. The molecule has 0 spiro atoms. The summed E-state index contributed by atoms with van der Waals surface area (Å²) in [5, 5.41) is 7.86. The van der Waals surface area contributed by atoms with E-state index >= 15 is 0 Å². The first-order valence-corrected chi connectivity index (χ1v) is 15.4. The lowest BCUT2D eigenvalue weighted by Crippen LogP contribution is -2.32. The third kappa shape index (κ3) is 8.24. The molecule has 4 heterocycles. The van der Waals surface area contributed by atoms with E-state index in [0.29, 0.717) is 6.42 Å². The standard InChI is InChI=1S/C33H46N6O/c1-38-22-14-27(15-23-38)12-18-36-33(40)11-8-26-6-9-28(10-7-26)31-24-32(29-25-34-17-13-30(29)37-31)35-16-5-21-39-19-3-2-4-20-39/h6-7,9-10,13,17,24-25,27H,2-5,8,11-12,14-16,18-23H2,1H3,(H,35,37)(H,36,40). The molecule has 0 bridgehead atoms. The van der Waals surface area contributed by atoms with Gasteiger partial charge in [-0.25, -0.2) is 4.98 Å². The van der Waals surface area contributed by atoms with E-state index in [1.807, 2.05) is 12.3 Å². The van der Waals surface area contributed by atoms with Crippen LogP contribution in [0.1, 0.15) is 56.9 Å². The summed E-state index contributed by atoms with van der Waals surface area (Å²) in [5.74, 6) is 0.900. The van der Waals surface area contributed by atoms with Gasteiger partial charge in [0.25, 0.3) is 0 Å². The predicted molar refractivity (Wildman–Crippen MR) is 165 cm³/mol. The van der Waals surface area contributed by atoms with Gasteiger partial charge in [0.05, 0.1) is 11.2 Å².